The van der Waals surface area contributed by atoms with Gasteiger partial charge in [-0.05, 0) is 48.0 Å². The molecule has 5 heteroatoms. The van der Waals surface area contributed by atoms with E-state index < -0.39 is 0 Å². The molecule has 0 atom stereocenters. The zero-order valence-electron chi connectivity index (χ0n) is 13.0. The van der Waals surface area contributed by atoms with Gasteiger partial charge in [0.25, 0.3) is 5.91 Å². The average Bonchev–Trinajstić information content (AvgIpc) is 2.88. The third-order valence-electron chi connectivity index (χ3n) is 3.82. The van der Waals surface area contributed by atoms with Crippen molar-refractivity contribution < 1.29 is 9.53 Å². The van der Waals surface area contributed by atoms with Gasteiger partial charge in [-0.2, -0.15) is 0 Å². The number of fused-ring (bicyclic) bond motifs is 1. The van der Waals surface area contributed by atoms with E-state index in [9.17, 15) is 4.79 Å². The minimum Gasteiger partial charge on any atom is -0.497 e. The SMILES string of the molecule is COc1ccc2c(c1)c(CNC(=O)c1ccc(Cl)cc1)cn2C. The van der Waals surface area contributed by atoms with Gasteiger partial charge in [0.05, 0.1) is 7.11 Å². The number of amides is 1. The van der Waals surface area contributed by atoms with Crippen molar-refractivity contribution in [3.05, 3.63) is 64.8 Å². The van der Waals surface area contributed by atoms with E-state index in [0.29, 0.717) is 17.1 Å². The van der Waals surface area contributed by atoms with E-state index in [4.69, 9.17) is 16.3 Å². The summed E-state index contributed by atoms with van der Waals surface area (Å²) in [6.45, 7) is 0.450. The van der Waals surface area contributed by atoms with Crippen LogP contribution in [0.3, 0.4) is 0 Å². The van der Waals surface area contributed by atoms with Gasteiger partial charge < -0.3 is 14.6 Å². The van der Waals surface area contributed by atoms with Crippen LogP contribution in [0.5, 0.6) is 5.75 Å². The molecule has 0 unspecified atom stereocenters. The van der Waals surface area contributed by atoms with Gasteiger partial charge >= 0.3 is 0 Å². The Balaban J connectivity index is 1.81. The summed E-state index contributed by atoms with van der Waals surface area (Å²) in [6.07, 6.45) is 2.02. The fourth-order valence-electron chi connectivity index (χ4n) is 2.60. The fraction of sp³-hybridized carbons (Fsp3) is 0.167. The molecule has 1 amide bonds. The Labute approximate surface area is 139 Å². The first-order valence-corrected chi connectivity index (χ1v) is 7.62. The standard InChI is InChI=1S/C18H17ClN2O2/c1-21-11-13(16-9-15(23-2)7-8-17(16)21)10-20-18(22)12-3-5-14(19)6-4-12/h3-9,11H,10H2,1-2H3,(H,20,22). The molecule has 0 bridgehead atoms. The molecule has 0 saturated heterocycles. The van der Waals surface area contributed by atoms with Crippen molar-refractivity contribution in [1.82, 2.24) is 9.88 Å². The number of aromatic nitrogens is 1. The van der Waals surface area contributed by atoms with Crippen molar-refractivity contribution in [3.63, 3.8) is 0 Å². The number of nitrogens with zero attached hydrogens (tertiary/aromatic N) is 1. The zero-order valence-corrected chi connectivity index (χ0v) is 13.7. The lowest BCUT2D eigenvalue weighted by atomic mass is 10.1. The number of carbonyl (C=O) groups excluding carboxylic acids is 1. The van der Waals surface area contributed by atoms with Gasteiger partial charge in [-0.3, -0.25) is 4.79 Å². The van der Waals surface area contributed by atoms with E-state index in [1.54, 1.807) is 31.4 Å². The second-order valence-electron chi connectivity index (χ2n) is 5.34. The molecule has 3 rings (SSSR count). The van der Waals surface area contributed by atoms with Gasteiger partial charge in [0.15, 0.2) is 0 Å². The lowest BCUT2D eigenvalue weighted by Crippen LogP contribution is -2.22. The number of ether oxygens (including phenoxy) is 1. The molecule has 3 aromatic rings. The molecule has 0 radical (unpaired) electrons. The van der Waals surface area contributed by atoms with Crippen molar-refractivity contribution >= 4 is 28.4 Å². The maximum atomic E-state index is 12.2. The molecule has 2 aromatic carbocycles. The molecule has 4 nitrogen and oxygen atoms in total. The highest BCUT2D eigenvalue weighted by Gasteiger charge is 2.10. The molecular weight excluding hydrogens is 312 g/mol. The molecule has 1 heterocycles. The molecule has 0 aliphatic heterocycles. The van der Waals surface area contributed by atoms with E-state index in [-0.39, 0.29) is 5.91 Å². The number of nitrogens with one attached hydrogen (secondary N) is 1. The third kappa shape index (κ3) is 3.17. The van der Waals surface area contributed by atoms with Crippen molar-refractivity contribution in [2.24, 2.45) is 7.05 Å². The molecule has 1 aromatic heterocycles. The monoisotopic (exact) mass is 328 g/mol. The number of carbonyl (C=O) groups is 1. The molecule has 23 heavy (non-hydrogen) atoms. The summed E-state index contributed by atoms with van der Waals surface area (Å²) in [6, 6.07) is 12.8. The van der Waals surface area contributed by atoms with Gasteiger partial charge in [0, 0.05) is 41.3 Å². The van der Waals surface area contributed by atoms with Crippen LogP contribution in [0.15, 0.2) is 48.7 Å². The maximum Gasteiger partial charge on any atom is 0.251 e. The Morgan fingerprint density at radius 1 is 1.22 bits per heavy atom. The van der Waals surface area contributed by atoms with Crippen molar-refractivity contribution in [2.75, 3.05) is 7.11 Å². The second kappa shape index (κ2) is 6.34. The summed E-state index contributed by atoms with van der Waals surface area (Å²) < 4.78 is 7.32. The number of hydrogen-bond acceptors (Lipinski definition) is 2. The van der Waals surface area contributed by atoms with Crippen LogP contribution in [0.25, 0.3) is 10.9 Å². The van der Waals surface area contributed by atoms with E-state index in [1.165, 1.54) is 0 Å². The first-order valence-electron chi connectivity index (χ1n) is 7.24. The van der Waals surface area contributed by atoms with Gasteiger partial charge in [0.1, 0.15) is 5.75 Å². The summed E-state index contributed by atoms with van der Waals surface area (Å²) in [5.74, 6) is 0.676. The van der Waals surface area contributed by atoms with Crippen LogP contribution >= 0.6 is 11.6 Å². The summed E-state index contributed by atoms with van der Waals surface area (Å²) >= 11 is 5.84. The number of benzene rings is 2. The number of aryl methyl sites for hydroxylation is 1. The first kappa shape index (κ1) is 15.4. The number of halogens is 1. The molecule has 118 valence electrons. The van der Waals surface area contributed by atoms with Crippen LogP contribution in [0.1, 0.15) is 15.9 Å². The van der Waals surface area contributed by atoms with Crippen LogP contribution in [0.4, 0.5) is 0 Å². The maximum absolute atomic E-state index is 12.2. The molecule has 0 aliphatic carbocycles. The number of hydrogen-bond donors (Lipinski definition) is 1. The number of rotatable bonds is 4. The smallest absolute Gasteiger partial charge is 0.251 e. The largest absolute Gasteiger partial charge is 0.497 e. The summed E-state index contributed by atoms with van der Waals surface area (Å²) in [7, 11) is 3.63. The predicted octanol–water partition coefficient (Wildman–Crippen LogP) is 3.77. The molecule has 0 spiro atoms. The predicted molar refractivity (Wildman–Crippen MR) is 92.1 cm³/mol. The first-order chi connectivity index (χ1) is 11.1. The third-order valence-corrected chi connectivity index (χ3v) is 4.08. The molecule has 0 fully saturated rings. The van der Waals surface area contributed by atoms with Crippen molar-refractivity contribution in [3.8, 4) is 5.75 Å². The van der Waals surface area contributed by atoms with Gasteiger partial charge in [-0.25, -0.2) is 0 Å². The second-order valence-corrected chi connectivity index (χ2v) is 5.77. The highest BCUT2D eigenvalue weighted by atomic mass is 35.5. The van der Waals surface area contributed by atoms with E-state index in [0.717, 1.165) is 22.2 Å². The van der Waals surface area contributed by atoms with E-state index >= 15 is 0 Å². The summed E-state index contributed by atoms with van der Waals surface area (Å²) in [5.41, 5.74) is 2.73. The van der Waals surface area contributed by atoms with Crippen LogP contribution in [0, 0.1) is 0 Å². The summed E-state index contributed by atoms with van der Waals surface area (Å²) in [4.78, 5) is 12.2. The lowest BCUT2D eigenvalue weighted by Gasteiger charge is -2.05. The van der Waals surface area contributed by atoms with Gasteiger partial charge in [-0.15, -0.1) is 0 Å². The van der Waals surface area contributed by atoms with Crippen LogP contribution in [0.2, 0.25) is 5.02 Å². The quantitative estimate of drug-likeness (QED) is 0.792. The Morgan fingerprint density at radius 3 is 2.65 bits per heavy atom. The Kier molecular flexibility index (Phi) is 4.26. The van der Waals surface area contributed by atoms with Crippen molar-refractivity contribution in [1.29, 1.82) is 0 Å². The zero-order chi connectivity index (χ0) is 16.4. The minimum atomic E-state index is -0.124. The average molecular weight is 329 g/mol. The normalized spacial score (nSPS) is 10.7. The Bertz CT molecular complexity index is 853. The van der Waals surface area contributed by atoms with Crippen LogP contribution < -0.4 is 10.1 Å². The summed E-state index contributed by atoms with van der Waals surface area (Å²) in [5, 5.41) is 4.63. The fourth-order valence-corrected chi connectivity index (χ4v) is 2.73. The Hall–Kier alpha value is -2.46. The highest BCUT2D eigenvalue weighted by Crippen LogP contribution is 2.25. The molecule has 0 saturated carbocycles. The number of methoxy groups -OCH3 is 1. The Morgan fingerprint density at radius 2 is 1.96 bits per heavy atom. The molecule has 0 aliphatic rings. The van der Waals surface area contributed by atoms with Crippen LogP contribution in [-0.2, 0) is 13.6 Å². The lowest BCUT2D eigenvalue weighted by molar-refractivity contribution is 0.0951. The van der Waals surface area contributed by atoms with E-state index in [1.807, 2.05) is 36.0 Å². The molecule has 1 N–H and O–H groups in total. The highest BCUT2D eigenvalue weighted by molar-refractivity contribution is 6.30. The molecular formula is C18H17ClN2O2. The van der Waals surface area contributed by atoms with Crippen molar-refractivity contribution in [2.45, 2.75) is 6.54 Å². The van der Waals surface area contributed by atoms with E-state index in [2.05, 4.69) is 5.32 Å². The van der Waals surface area contributed by atoms with Gasteiger partial charge in [-0.1, -0.05) is 11.6 Å². The van der Waals surface area contributed by atoms with Crippen LogP contribution in [-0.4, -0.2) is 17.6 Å². The topological polar surface area (TPSA) is 43.3 Å². The minimum absolute atomic E-state index is 0.124. The van der Waals surface area contributed by atoms with Gasteiger partial charge in [0.2, 0.25) is 0 Å².